The van der Waals surface area contributed by atoms with E-state index >= 15 is 0 Å². The van der Waals surface area contributed by atoms with Crippen molar-refractivity contribution in [3.63, 3.8) is 0 Å². The van der Waals surface area contributed by atoms with Gasteiger partial charge in [0.15, 0.2) is 5.78 Å². The van der Waals surface area contributed by atoms with E-state index in [1.54, 1.807) is 0 Å². The summed E-state index contributed by atoms with van der Waals surface area (Å²) in [5.74, 6) is -0.00180. The monoisotopic (exact) mass is 535 g/mol. The first-order chi connectivity index (χ1) is 18.6. The Bertz CT molecular complexity index is 1160. The van der Waals surface area contributed by atoms with Gasteiger partial charge in [0.25, 0.3) is 0 Å². The Morgan fingerprint density at radius 1 is 1.00 bits per heavy atom. The molecule has 0 radical (unpaired) electrons. The van der Waals surface area contributed by atoms with Gasteiger partial charge in [-0.15, -0.1) is 0 Å². The van der Waals surface area contributed by atoms with E-state index in [0.29, 0.717) is 24.2 Å². The first kappa shape index (κ1) is 27.6. The number of ketones is 1. The van der Waals surface area contributed by atoms with Gasteiger partial charge in [0, 0.05) is 24.7 Å². The van der Waals surface area contributed by atoms with E-state index in [9.17, 15) is 24.3 Å². The maximum atomic E-state index is 12.8. The van der Waals surface area contributed by atoms with E-state index in [-0.39, 0.29) is 47.9 Å². The Morgan fingerprint density at radius 2 is 1.77 bits per heavy atom. The van der Waals surface area contributed by atoms with Gasteiger partial charge in [-0.3, -0.25) is 14.4 Å². The third-order valence-electron chi connectivity index (χ3n) is 10.6. The average Bonchev–Trinajstić information content (AvgIpc) is 3.24. The van der Waals surface area contributed by atoms with Gasteiger partial charge in [-0.25, -0.2) is 4.79 Å². The quantitative estimate of drug-likeness (QED) is 0.452. The van der Waals surface area contributed by atoms with Crippen molar-refractivity contribution >= 4 is 23.6 Å². The summed E-state index contributed by atoms with van der Waals surface area (Å²) in [6, 6.07) is 8.10. The fraction of sp³-hybridized carbons (Fsp3) is 0.625. The Labute approximate surface area is 230 Å². The number of aliphatic carboxylic acids is 1. The number of amides is 1. The molecule has 39 heavy (non-hydrogen) atoms. The number of carbonyl (C=O) groups excluding carboxylic acids is 3. The van der Waals surface area contributed by atoms with Crippen molar-refractivity contribution in [2.24, 2.45) is 28.6 Å². The number of ether oxygens (including phenoxy) is 1. The van der Waals surface area contributed by atoms with Crippen LogP contribution in [-0.4, -0.2) is 40.9 Å². The van der Waals surface area contributed by atoms with Crippen LogP contribution < -0.4 is 5.32 Å². The number of carbonyl (C=O) groups is 4. The van der Waals surface area contributed by atoms with Crippen LogP contribution >= 0.6 is 0 Å². The second-order valence-electron chi connectivity index (χ2n) is 12.7. The number of benzene rings is 1. The van der Waals surface area contributed by atoms with Gasteiger partial charge < -0.3 is 15.2 Å². The predicted octanol–water partition coefficient (Wildman–Crippen LogP) is 5.02. The molecule has 0 spiro atoms. The third kappa shape index (κ3) is 5.42. The van der Waals surface area contributed by atoms with Crippen LogP contribution in [0.2, 0.25) is 0 Å². The fourth-order valence-corrected chi connectivity index (χ4v) is 8.45. The highest BCUT2D eigenvalue weighted by Gasteiger charge is 2.59. The van der Waals surface area contributed by atoms with Crippen molar-refractivity contribution in [2.75, 3.05) is 0 Å². The van der Waals surface area contributed by atoms with Crippen molar-refractivity contribution in [1.29, 1.82) is 0 Å². The number of allylic oxidation sites excluding steroid dienone is 1. The number of esters is 1. The molecule has 4 aliphatic carbocycles. The number of hydrogen-bond donors (Lipinski definition) is 2. The lowest BCUT2D eigenvalue weighted by Gasteiger charge is -2.57. The molecule has 0 heterocycles. The minimum atomic E-state index is -1.10. The molecule has 3 fully saturated rings. The lowest BCUT2D eigenvalue weighted by atomic mass is 9.47. The Hall–Kier alpha value is -2.96. The molecule has 0 aliphatic heterocycles. The van der Waals surface area contributed by atoms with Crippen LogP contribution in [0, 0.1) is 28.6 Å². The second-order valence-corrected chi connectivity index (χ2v) is 12.7. The van der Waals surface area contributed by atoms with E-state index < -0.39 is 17.9 Å². The van der Waals surface area contributed by atoms with E-state index in [1.165, 1.54) is 5.57 Å². The minimum Gasteiger partial charge on any atom is -0.480 e. The normalized spacial score (nSPS) is 34.1. The van der Waals surface area contributed by atoms with Gasteiger partial charge in [0.1, 0.15) is 12.1 Å². The zero-order valence-electron chi connectivity index (χ0n) is 23.1. The molecule has 0 aromatic heterocycles. The molecular formula is C32H41NO6. The highest BCUT2D eigenvalue weighted by atomic mass is 16.5. The van der Waals surface area contributed by atoms with Gasteiger partial charge in [0.2, 0.25) is 5.91 Å². The lowest BCUT2D eigenvalue weighted by Crippen LogP contribution is -2.51. The van der Waals surface area contributed by atoms with E-state index in [1.807, 2.05) is 36.4 Å². The molecule has 1 aromatic rings. The van der Waals surface area contributed by atoms with Crippen LogP contribution in [0.1, 0.15) is 83.6 Å². The van der Waals surface area contributed by atoms with Crippen LogP contribution in [0.3, 0.4) is 0 Å². The molecule has 1 aromatic carbocycles. The number of hydrogen-bond acceptors (Lipinski definition) is 5. The second kappa shape index (κ2) is 10.9. The van der Waals surface area contributed by atoms with E-state index in [0.717, 1.165) is 50.5 Å². The summed E-state index contributed by atoms with van der Waals surface area (Å²) in [6.07, 6.45) is 9.51. The van der Waals surface area contributed by atoms with Gasteiger partial charge in [-0.05, 0) is 79.8 Å². The largest absolute Gasteiger partial charge is 0.480 e. The molecule has 0 saturated heterocycles. The molecule has 3 saturated carbocycles. The number of carboxylic acid groups (broad SMARTS) is 1. The Balaban J connectivity index is 1.15. The molecule has 7 heteroatoms. The van der Waals surface area contributed by atoms with Gasteiger partial charge in [-0.1, -0.05) is 49.8 Å². The van der Waals surface area contributed by atoms with Crippen LogP contribution in [0.25, 0.3) is 0 Å². The minimum absolute atomic E-state index is 0.0624. The van der Waals surface area contributed by atoms with Crippen LogP contribution in [0.4, 0.5) is 0 Å². The molecule has 1 amide bonds. The van der Waals surface area contributed by atoms with Crippen LogP contribution in [0.5, 0.6) is 0 Å². The fourth-order valence-electron chi connectivity index (χ4n) is 8.45. The number of fused-ring (bicyclic) bond motifs is 5. The van der Waals surface area contributed by atoms with Crippen LogP contribution in [-0.2, 0) is 30.3 Å². The molecule has 0 bridgehead atoms. The van der Waals surface area contributed by atoms with Crippen molar-refractivity contribution in [2.45, 2.75) is 96.6 Å². The zero-order valence-corrected chi connectivity index (χ0v) is 23.1. The molecule has 2 N–H and O–H groups in total. The van der Waals surface area contributed by atoms with Gasteiger partial charge in [-0.2, -0.15) is 0 Å². The van der Waals surface area contributed by atoms with Gasteiger partial charge >= 0.3 is 11.9 Å². The maximum absolute atomic E-state index is 12.8. The summed E-state index contributed by atoms with van der Waals surface area (Å²) >= 11 is 0. The first-order valence-electron chi connectivity index (χ1n) is 14.6. The van der Waals surface area contributed by atoms with Crippen molar-refractivity contribution in [3.05, 3.63) is 47.5 Å². The van der Waals surface area contributed by atoms with E-state index in [2.05, 4.69) is 19.2 Å². The highest BCUT2D eigenvalue weighted by Crippen LogP contribution is 2.65. The Morgan fingerprint density at radius 3 is 2.51 bits per heavy atom. The molecule has 7 nitrogen and oxygen atoms in total. The Kier molecular flexibility index (Phi) is 7.71. The van der Waals surface area contributed by atoms with Crippen molar-refractivity contribution in [3.8, 4) is 0 Å². The maximum Gasteiger partial charge on any atom is 0.326 e. The number of nitrogens with one attached hydrogen (secondary N) is 1. The summed E-state index contributed by atoms with van der Waals surface area (Å²) in [5, 5.41) is 12.1. The smallest absolute Gasteiger partial charge is 0.326 e. The summed E-state index contributed by atoms with van der Waals surface area (Å²) in [4.78, 5) is 49.1. The summed E-state index contributed by atoms with van der Waals surface area (Å²) in [7, 11) is 0. The zero-order chi connectivity index (χ0) is 27.8. The predicted molar refractivity (Wildman–Crippen MR) is 146 cm³/mol. The molecule has 210 valence electrons. The topological polar surface area (TPSA) is 110 Å². The molecule has 4 aliphatic rings. The van der Waals surface area contributed by atoms with Crippen molar-refractivity contribution < 1.29 is 29.0 Å². The molecule has 7 atom stereocenters. The average molecular weight is 536 g/mol. The van der Waals surface area contributed by atoms with Crippen molar-refractivity contribution in [1.82, 2.24) is 5.32 Å². The SMILES string of the molecule is CC12CCC(=O)C=C1CCC1C2CCC2(C)C(OC(=O)CCC(=O)NC(Cc3ccccc3)C(=O)O)CCC12. The molecule has 5 rings (SSSR count). The van der Waals surface area contributed by atoms with E-state index in [4.69, 9.17) is 4.74 Å². The van der Waals surface area contributed by atoms with Crippen LogP contribution in [0.15, 0.2) is 42.0 Å². The standard InChI is InChI=1S/C32H41NO6/c1-31-16-14-22(34)19-21(31)8-9-23-24-10-11-27(32(24,2)17-15-25(23)31)39-29(36)13-12-28(35)33-26(30(37)38)18-20-6-4-3-5-7-20/h3-7,19,23-27H,8-18H2,1-2H3,(H,33,35)(H,37,38). The first-order valence-corrected chi connectivity index (χ1v) is 14.6. The number of rotatable bonds is 8. The summed E-state index contributed by atoms with van der Waals surface area (Å²) in [6.45, 7) is 4.65. The number of carboxylic acids is 1. The summed E-state index contributed by atoms with van der Waals surface area (Å²) in [5.41, 5.74) is 2.23. The third-order valence-corrected chi connectivity index (χ3v) is 10.6. The lowest BCUT2D eigenvalue weighted by molar-refractivity contribution is -0.160. The molecule has 7 unspecified atom stereocenters. The highest BCUT2D eigenvalue weighted by molar-refractivity contribution is 5.91. The summed E-state index contributed by atoms with van der Waals surface area (Å²) < 4.78 is 6.02. The molecular weight excluding hydrogens is 494 g/mol. The van der Waals surface area contributed by atoms with Gasteiger partial charge in [0.05, 0.1) is 6.42 Å².